The Bertz CT molecular complexity index is 1630. The maximum absolute atomic E-state index is 14.2. The number of hydrogen-bond donors (Lipinski definition) is 0. The fraction of sp³-hybridized carbons (Fsp3) is 0.389. The second kappa shape index (κ2) is 9.76. The van der Waals surface area contributed by atoms with E-state index >= 15 is 0 Å². The topological polar surface area (TPSA) is 52.6 Å². The Hall–Kier alpha value is -3.66. The molecule has 0 aromatic heterocycles. The highest BCUT2D eigenvalue weighted by atomic mass is 16.5. The highest BCUT2D eigenvalue weighted by molar-refractivity contribution is 6.09. The van der Waals surface area contributed by atoms with Gasteiger partial charge in [-0.2, -0.15) is 0 Å². The molecule has 3 aliphatic rings. The van der Waals surface area contributed by atoms with Crippen LogP contribution >= 0.6 is 0 Å². The van der Waals surface area contributed by atoms with E-state index in [-0.39, 0.29) is 23.4 Å². The van der Waals surface area contributed by atoms with E-state index in [0.717, 1.165) is 21.5 Å². The van der Waals surface area contributed by atoms with E-state index in [4.69, 9.17) is 9.47 Å². The SMILES string of the molecule is COC(=O)c1cc2ccccc2cc1-c1cc2ccccc2cc1C(=O)O[C@@H]1[C@@H](C)[C@@H]2C[C@H]([C@@H]1C(C)C)C2(C)C. The maximum Gasteiger partial charge on any atom is 0.339 e. The third-order valence-electron chi connectivity index (χ3n) is 10.1. The van der Waals surface area contributed by atoms with E-state index in [1.54, 1.807) is 0 Å². The van der Waals surface area contributed by atoms with Gasteiger partial charge >= 0.3 is 11.9 Å². The van der Waals surface area contributed by atoms with E-state index in [1.807, 2.05) is 72.8 Å². The van der Waals surface area contributed by atoms with Crippen molar-refractivity contribution in [2.24, 2.45) is 35.0 Å². The third kappa shape index (κ3) is 4.11. The average molecular weight is 535 g/mol. The fourth-order valence-electron chi connectivity index (χ4n) is 7.94. The molecular formula is C36H38O4. The first-order valence-electron chi connectivity index (χ1n) is 14.5. The lowest BCUT2D eigenvalue weighted by molar-refractivity contribution is -0.207. The normalized spacial score (nSPS) is 25.0. The summed E-state index contributed by atoms with van der Waals surface area (Å²) in [6, 6.07) is 23.7. The second-order valence-corrected chi connectivity index (χ2v) is 12.8. The lowest BCUT2D eigenvalue weighted by Crippen LogP contribution is -2.63. The van der Waals surface area contributed by atoms with Gasteiger partial charge in [0.05, 0.1) is 18.2 Å². The van der Waals surface area contributed by atoms with Crippen LogP contribution in [0.1, 0.15) is 61.8 Å². The predicted octanol–water partition coefficient (Wildman–Crippen LogP) is 8.56. The van der Waals surface area contributed by atoms with Crippen molar-refractivity contribution in [3.05, 3.63) is 83.9 Å². The molecule has 0 aliphatic heterocycles. The van der Waals surface area contributed by atoms with Crippen LogP contribution in [0, 0.1) is 35.0 Å². The summed E-state index contributed by atoms with van der Waals surface area (Å²) < 4.78 is 11.7. The van der Waals surface area contributed by atoms with Gasteiger partial charge in [0.25, 0.3) is 0 Å². The molecule has 206 valence electrons. The van der Waals surface area contributed by atoms with Crippen molar-refractivity contribution in [1.82, 2.24) is 0 Å². The molecule has 0 spiro atoms. The smallest absolute Gasteiger partial charge is 0.339 e. The van der Waals surface area contributed by atoms with Crippen molar-refractivity contribution in [1.29, 1.82) is 0 Å². The summed E-state index contributed by atoms with van der Waals surface area (Å²) in [5.74, 6) is 1.35. The molecule has 3 saturated carbocycles. The minimum absolute atomic E-state index is 0.139. The number of fused-ring (bicyclic) bond motifs is 4. The Morgan fingerprint density at radius 2 is 1.25 bits per heavy atom. The minimum atomic E-state index is -0.434. The molecule has 4 heteroatoms. The van der Waals surface area contributed by atoms with Crippen LogP contribution in [0.2, 0.25) is 0 Å². The molecule has 4 aromatic carbocycles. The van der Waals surface area contributed by atoms with Crippen LogP contribution in [0.25, 0.3) is 32.7 Å². The van der Waals surface area contributed by atoms with Gasteiger partial charge < -0.3 is 9.47 Å². The number of methoxy groups -OCH3 is 1. The number of rotatable bonds is 5. The van der Waals surface area contributed by atoms with Crippen LogP contribution in [0.4, 0.5) is 0 Å². The van der Waals surface area contributed by atoms with Gasteiger partial charge in [-0.1, -0.05) is 83.1 Å². The molecule has 3 fully saturated rings. The molecule has 4 nitrogen and oxygen atoms in total. The zero-order valence-corrected chi connectivity index (χ0v) is 24.2. The van der Waals surface area contributed by atoms with Crippen LogP contribution in [0.3, 0.4) is 0 Å². The van der Waals surface area contributed by atoms with Gasteiger partial charge in [-0.3, -0.25) is 0 Å². The standard InChI is InChI=1S/C36H38O4/c1-20(2)32-31-19-30(36(31,4)5)21(3)33(32)40-35(38)29-18-25-14-10-8-12-23(25)16-27(29)26-15-22-11-7-9-13-24(22)17-28(26)34(37)39-6/h7-18,20-21,30-33H,19H2,1-6H3/t21-,30-,31+,32-,33+/m0/s1. The van der Waals surface area contributed by atoms with E-state index in [2.05, 4.69) is 34.6 Å². The molecule has 5 atom stereocenters. The fourth-order valence-corrected chi connectivity index (χ4v) is 7.94. The first-order valence-corrected chi connectivity index (χ1v) is 14.5. The zero-order valence-electron chi connectivity index (χ0n) is 24.2. The molecule has 4 aromatic rings. The first-order chi connectivity index (χ1) is 19.1. The Labute approximate surface area is 236 Å². The van der Waals surface area contributed by atoms with E-state index in [0.29, 0.717) is 45.9 Å². The number of carbonyl (C=O) groups is 2. The Balaban J connectivity index is 1.49. The molecule has 0 saturated heterocycles. The monoisotopic (exact) mass is 534 g/mol. The summed E-state index contributed by atoms with van der Waals surface area (Å²) in [7, 11) is 1.39. The quantitative estimate of drug-likeness (QED) is 0.241. The van der Waals surface area contributed by atoms with Crippen LogP contribution in [-0.4, -0.2) is 25.2 Å². The van der Waals surface area contributed by atoms with E-state index in [9.17, 15) is 9.59 Å². The van der Waals surface area contributed by atoms with E-state index < -0.39 is 5.97 Å². The third-order valence-corrected chi connectivity index (χ3v) is 10.1. The molecule has 0 heterocycles. The van der Waals surface area contributed by atoms with Gasteiger partial charge in [0.15, 0.2) is 0 Å². The van der Waals surface area contributed by atoms with Gasteiger partial charge in [0.1, 0.15) is 6.10 Å². The molecule has 7 rings (SSSR count). The van der Waals surface area contributed by atoms with Gasteiger partial charge in [-0.05, 0) is 92.4 Å². The average Bonchev–Trinajstić information content (AvgIpc) is 2.95. The van der Waals surface area contributed by atoms with Crippen molar-refractivity contribution in [3.8, 4) is 11.1 Å². The van der Waals surface area contributed by atoms with Crippen molar-refractivity contribution < 1.29 is 19.1 Å². The zero-order chi connectivity index (χ0) is 28.3. The van der Waals surface area contributed by atoms with Crippen molar-refractivity contribution >= 4 is 33.5 Å². The summed E-state index contributed by atoms with van der Waals surface area (Å²) >= 11 is 0. The van der Waals surface area contributed by atoms with Crippen molar-refractivity contribution in [2.75, 3.05) is 7.11 Å². The first kappa shape index (κ1) is 26.6. The van der Waals surface area contributed by atoms with Gasteiger partial charge in [0, 0.05) is 5.92 Å². The summed E-state index contributed by atoms with van der Waals surface area (Å²) in [5, 5.41) is 3.88. The lowest BCUT2D eigenvalue weighted by atomic mass is 9.40. The lowest BCUT2D eigenvalue weighted by Gasteiger charge is -2.65. The van der Waals surface area contributed by atoms with Crippen molar-refractivity contribution in [3.63, 3.8) is 0 Å². The van der Waals surface area contributed by atoms with Crippen LogP contribution in [-0.2, 0) is 9.47 Å². The van der Waals surface area contributed by atoms with Crippen LogP contribution in [0.15, 0.2) is 72.8 Å². The molecular weight excluding hydrogens is 496 g/mol. The summed E-state index contributed by atoms with van der Waals surface area (Å²) in [6.07, 6.45) is 1.08. The highest BCUT2D eigenvalue weighted by Crippen LogP contribution is 2.65. The Morgan fingerprint density at radius 3 is 1.70 bits per heavy atom. The van der Waals surface area contributed by atoms with Crippen LogP contribution < -0.4 is 0 Å². The predicted molar refractivity (Wildman–Crippen MR) is 160 cm³/mol. The summed E-state index contributed by atoms with van der Waals surface area (Å²) in [5.41, 5.74) is 2.53. The van der Waals surface area contributed by atoms with Gasteiger partial charge in [0.2, 0.25) is 0 Å². The minimum Gasteiger partial charge on any atom is -0.465 e. The molecule has 3 aliphatic carbocycles. The molecule has 0 radical (unpaired) electrons. The number of carbonyl (C=O) groups excluding carboxylic acids is 2. The second-order valence-electron chi connectivity index (χ2n) is 12.8. The molecule has 0 amide bonds. The number of benzene rings is 4. The molecule has 0 N–H and O–H groups in total. The summed E-state index contributed by atoms with van der Waals surface area (Å²) in [6.45, 7) is 11.5. The van der Waals surface area contributed by atoms with Crippen molar-refractivity contribution in [2.45, 2.75) is 47.1 Å². The Kier molecular flexibility index (Phi) is 6.48. The largest absolute Gasteiger partial charge is 0.465 e. The van der Waals surface area contributed by atoms with E-state index in [1.165, 1.54) is 13.5 Å². The highest BCUT2D eigenvalue weighted by Gasteiger charge is 2.62. The molecule has 2 bridgehead atoms. The molecule has 0 unspecified atom stereocenters. The van der Waals surface area contributed by atoms with Gasteiger partial charge in [-0.15, -0.1) is 0 Å². The molecule has 40 heavy (non-hydrogen) atoms. The number of hydrogen-bond acceptors (Lipinski definition) is 4. The maximum atomic E-state index is 14.2. The van der Waals surface area contributed by atoms with Gasteiger partial charge in [-0.25, -0.2) is 9.59 Å². The van der Waals surface area contributed by atoms with Crippen LogP contribution in [0.5, 0.6) is 0 Å². The number of ether oxygens (including phenoxy) is 2. The summed E-state index contributed by atoms with van der Waals surface area (Å²) in [4.78, 5) is 27.3. The Morgan fingerprint density at radius 1 is 0.775 bits per heavy atom. The number of esters is 2.